The molecule has 18 heavy (non-hydrogen) atoms. The number of rotatable bonds is 8. The molecule has 0 saturated heterocycles. The van der Waals surface area contributed by atoms with Crippen LogP contribution >= 0.6 is 0 Å². The maximum Gasteiger partial charge on any atom is 0.314 e. The van der Waals surface area contributed by atoms with E-state index in [4.69, 9.17) is 4.74 Å². The first kappa shape index (κ1) is 14.5. The Morgan fingerprint density at radius 2 is 1.89 bits per heavy atom. The monoisotopic (exact) mass is 250 g/mol. The van der Waals surface area contributed by atoms with Gasteiger partial charge in [0.05, 0.1) is 0 Å². The van der Waals surface area contributed by atoms with E-state index in [0.29, 0.717) is 19.7 Å². The number of amides is 2. The van der Waals surface area contributed by atoms with E-state index < -0.39 is 0 Å². The Hall–Kier alpha value is -1.55. The fourth-order valence-electron chi connectivity index (χ4n) is 1.55. The van der Waals surface area contributed by atoms with Gasteiger partial charge in [0, 0.05) is 26.3 Å². The standard InChI is InChI=1S/C14H22N2O2/c1-2-18-12-6-10-15-14(17)16-11-9-13-7-4-3-5-8-13/h3-5,7-8H,2,6,9-12H2,1H3,(H2,15,16,17). The second kappa shape index (κ2) is 9.48. The van der Waals surface area contributed by atoms with Gasteiger partial charge in [-0.25, -0.2) is 4.79 Å². The van der Waals surface area contributed by atoms with E-state index in [1.807, 2.05) is 25.1 Å². The molecule has 0 bridgehead atoms. The molecule has 2 N–H and O–H groups in total. The average Bonchev–Trinajstić information content (AvgIpc) is 2.40. The predicted octanol–water partition coefficient (Wildman–Crippen LogP) is 1.95. The molecule has 0 aliphatic rings. The van der Waals surface area contributed by atoms with Crippen molar-refractivity contribution in [1.29, 1.82) is 0 Å². The minimum atomic E-state index is -0.109. The van der Waals surface area contributed by atoms with Crippen LogP contribution in [0.15, 0.2) is 30.3 Å². The van der Waals surface area contributed by atoms with Crippen LogP contribution in [0, 0.1) is 0 Å². The number of carbonyl (C=O) groups is 1. The highest BCUT2D eigenvalue weighted by atomic mass is 16.5. The van der Waals surface area contributed by atoms with Gasteiger partial charge in [-0.2, -0.15) is 0 Å². The minimum absolute atomic E-state index is 0.109. The third-order valence-corrected chi connectivity index (χ3v) is 2.50. The lowest BCUT2D eigenvalue weighted by molar-refractivity contribution is 0.145. The second-order valence-electron chi connectivity index (χ2n) is 3.97. The highest BCUT2D eigenvalue weighted by molar-refractivity contribution is 5.73. The molecule has 100 valence electrons. The molecule has 0 heterocycles. The van der Waals surface area contributed by atoms with Crippen LogP contribution in [-0.4, -0.2) is 32.3 Å². The molecule has 1 aromatic rings. The first-order chi connectivity index (χ1) is 8.83. The van der Waals surface area contributed by atoms with E-state index >= 15 is 0 Å². The molecule has 4 nitrogen and oxygen atoms in total. The van der Waals surface area contributed by atoms with Crippen LogP contribution in [0.2, 0.25) is 0 Å². The molecule has 0 aliphatic carbocycles. The summed E-state index contributed by atoms with van der Waals surface area (Å²) in [7, 11) is 0. The Balaban J connectivity index is 2.00. The van der Waals surface area contributed by atoms with Gasteiger partial charge in [0.2, 0.25) is 0 Å². The van der Waals surface area contributed by atoms with Gasteiger partial charge in [-0.1, -0.05) is 30.3 Å². The number of ether oxygens (including phenoxy) is 1. The van der Waals surface area contributed by atoms with Crippen molar-refractivity contribution in [2.75, 3.05) is 26.3 Å². The molecule has 0 radical (unpaired) electrons. The lowest BCUT2D eigenvalue weighted by Crippen LogP contribution is -2.37. The van der Waals surface area contributed by atoms with Crippen molar-refractivity contribution in [1.82, 2.24) is 10.6 Å². The zero-order valence-corrected chi connectivity index (χ0v) is 10.9. The van der Waals surface area contributed by atoms with Crippen molar-refractivity contribution in [3.05, 3.63) is 35.9 Å². The summed E-state index contributed by atoms with van der Waals surface area (Å²) in [6.07, 6.45) is 1.70. The molecule has 4 heteroatoms. The van der Waals surface area contributed by atoms with Crippen LogP contribution in [0.1, 0.15) is 18.9 Å². The van der Waals surface area contributed by atoms with Crippen molar-refractivity contribution >= 4 is 6.03 Å². The maximum atomic E-state index is 11.4. The summed E-state index contributed by atoms with van der Waals surface area (Å²) >= 11 is 0. The van der Waals surface area contributed by atoms with Gasteiger partial charge < -0.3 is 15.4 Å². The molecular formula is C14H22N2O2. The average molecular weight is 250 g/mol. The highest BCUT2D eigenvalue weighted by Gasteiger charge is 1.98. The summed E-state index contributed by atoms with van der Waals surface area (Å²) in [5.74, 6) is 0. The van der Waals surface area contributed by atoms with Gasteiger partial charge >= 0.3 is 6.03 Å². The summed E-state index contributed by atoms with van der Waals surface area (Å²) in [6, 6.07) is 10.00. The Bertz CT molecular complexity index is 328. The van der Waals surface area contributed by atoms with Crippen LogP contribution < -0.4 is 10.6 Å². The molecule has 0 spiro atoms. The van der Waals surface area contributed by atoms with Crippen molar-refractivity contribution in [3.8, 4) is 0 Å². The third-order valence-electron chi connectivity index (χ3n) is 2.50. The quantitative estimate of drug-likeness (QED) is 0.693. The number of benzene rings is 1. The topological polar surface area (TPSA) is 50.4 Å². The molecule has 0 aliphatic heterocycles. The van der Waals surface area contributed by atoms with E-state index in [-0.39, 0.29) is 6.03 Å². The third kappa shape index (κ3) is 6.91. The Kier molecular flexibility index (Phi) is 7.64. The Morgan fingerprint density at radius 3 is 2.61 bits per heavy atom. The zero-order chi connectivity index (χ0) is 13.1. The molecule has 1 rings (SSSR count). The van der Waals surface area contributed by atoms with Crippen molar-refractivity contribution < 1.29 is 9.53 Å². The predicted molar refractivity (Wildman–Crippen MR) is 72.7 cm³/mol. The SMILES string of the molecule is CCOCCCNC(=O)NCCc1ccccc1. The summed E-state index contributed by atoms with van der Waals surface area (Å²) in [5, 5.41) is 5.63. The van der Waals surface area contributed by atoms with E-state index in [1.54, 1.807) is 0 Å². The number of nitrogens with one attached hydrogen (secondary N) is 2. The summed E-state index contributed by atoms with van der Waals surface area (Å²) in [4.78, 5) is 11.4. The van der Waals surface area contributed by atoms with Crippen LogP contribution in [0.4, 0.5) is 4.79 Å². The molecule has 1 aromatic carbocycles. The first-order valence-corrected chi connectivity index (χ1v) is 6.46. The van der Waals surface area contributed by atoms with Crippen LogP contribution in [-0.2, 0) is 11.2 Å². The molecule has 0 atom stereocenters. The number of hydrogen-bond donors (Lipinski definition) is 2. The summed E-state index contributed by atoms with van der Waals surface area (Å²) < 4.78 is 5.18. The van der Waals surface area contributed by atoms with Crippen molar-refractivity contribution in [2.24, 2.45) is 0 Å². The maximum absolute atomic E-state index is 11.4. The molecule has 0 saturated carbocycles. The fraction of sp³-hybridized carbons (Fsp3) is 0.500. The minimum Gasteiger partial charge on any atom is -0.382 e. The molecular weight excluding hydrogens is 228 g/mol. The van der Waals surface area contributed by atoms with Gasteiger partial charge in [-0.05, 0) is 25.3 Å². The smallest absolute Gasteiger partial charge is 0.314 e. The van der Waals surface area contributed by atoms with E-state index in [0.717, 1.165) is 19.4 Å². The van der Waals surface area contributed by atoms with Gasteiger partial charge in [0.25, 0.3) is 0 Å². The van der Waals surface area contributed by atoms with Gasteiger partial charge in [0.15, 0.2) is 0 Å². The molecule has 2 amide bonds. The van der Waals surface area contributed by atoms with Gasteiger partial charge in [-0.3, -0.25) is 0 Å². The second-order valence-corrected chi connectivity index (χ2v) is 3.97. The van der Waals surface area contributed by atoms with Gasteiger partial charge in [0.1, 0.15) is 0 Å². The van der Waals surface area contributed by atoms with Crippen LogP contribution in [0.3, 0.4) is 0 Å². The zero-order valence-electron chi connectivity index (χ0n) is 10.9. The van der Waals surface area contributed by atoms with E-state index in [2.05, 4.69) is 22.8 Å². The van der Waals surface area contributed by atoms with Crippen molar-refractivity contribution in [2.45, 2.75) is 19.8 Å². The Labute approximate surface area is 109 Å². The first-order valence-electron chi connectivity index (χ1n) is 6.46. The molecule has 0 unspecified atom stereocenters. The van der Waals surface area contributed by atoms with Crippen LogP contribution in [0.5, 0.6) is 0 Å². The highest BCUT2D eigenvalue weighted by Crippen LogP contribution is 1.97. The normalized spacial score (nSPS) is 10.1. The van der Waals surface area contributed by atoms with Gasteiger partial charge in [-0.15, -0.1) is 0 Å². The lowest BCUT2D eigenvalue weighted by atomic mass is 10.1. The number of carbonyl (C=O) groups excluding carboxylic acids is 1. The lowest BCUT2D eigenvalue weighted by Gasteiger charge is -2.07. The van der Waals surface area contributed by atoms with Crippen molar-refractivity contribution in [3.63, 3.8) is 0 Å². The Morgan fingerprint density at radius 1 is 1.17 bits per heavy atom. The number of hydrogen-bond acceptors (Lipinski definition) is 2. The molecule has 0 aromatic heterocycles. The number of urea groups is 1. The molecule has 0 fully saturated rings. The summed E-state index contributed by atoms with van der Waals surface area (Å²) in [6.45, 7) is 4.69. The largest absolute Gasteiger partial charge is 0.382 e. The van der Waals surface area contributed by atoms with E-state index in [9.17, 15) is 4.79 Å². The fourth-order valence-corrected chi connectivity index (χ4v) is 1.55. The van der Waals surface area contributed by atoms with Crippen LogP contribution in [0.25, 0.3) is 0 Å². The summed E-state index contributed by atoms with van der Waals surface area (Å²) in [5.41, 5.74) is 1.23. The van der Waals surface area contributed by atoms with E-state index in [1.165, 1.54) is 5.56 Å².